The number of hydrogen-bond donors (Lipinski definition) is 2. The van der Waals surface area contributed by atoms with Gasteiger partial charge in [0.05, 0.1) is 34.1 Å². The summed E-state index contributed by atoms with van der Waals surface area (Å²) in [5, 5.41) is 4.75. The molecule has 4 rings (SSSR count). The van der Waals surface area contributed by atoms with Crippen molar-refractivity contribution in [3.8, 4) is 11.3 Å². The summed E-state index contributed by atoms with van der Waals surface area (Å²) in [6.45, 7) is 4.07. The van der Waals surface area contributed by atoms with Crippen molar-refractivity contribution in [2.75, 3.05) is 11.1 Å². The summed E-state index contributed by atoms with van der Waals surface area (Å²) in [5.74, 6) is -0.0184. The number of sulfone groups is 1. The van der Waals surface area contributed by atoms with Gasteiger partial charge in [0.1, 0.15) is 0 Å². The number of H-pyrrole nitrogens is 1. The van der Waals surface area contributed by atoms with Crippen molar-refractivity contribution in [3.63, 3.8) is 0 Å². The Kier molecular flexibility index (Phi) is 4.11. The molecule has 6 nitrogen and oxygen atoms in total. The number of hydrogen-bond acceptors (Lipinski definition) is 5. The third-order valence-corrected chi connectivity index (χ3v) is 6.22. The van der Waals surface area contributed by atoms with Gasteiger partial charge in [-0.1, -0.05) is 18.2 Å². The van der Waals surface area contributed by atoms with Gasteiger partial charge in [-0.3, -0.25) is 9.78 Å². The normalized spacial score (nSPS) is 18.1. The molecule has 0 bridgehead atoms. The van der Waals surface area contributed by atoms with E-state index in [0.29, 0.717) is 22.3 Å². The molecule has 0 unspecified atom stereocenters. The third-order valence-electron chi connectivity index (χ3n) is 4.83. The van der Waals surface area contributed by atoms with Crippen LogP contribution in [0, 0.1) is 13.8 Å². The molecule has 0 radical (unpaired) electrons. The molecule has 0 saturated carbocycles. The Bertz CT molecular complexity index is 1240. The van der Waals surface area contributed by atoms with E-state index in [1.165, 1.54) is 11.0 Å². The van der Waals surface area contributed by atoms with Crippen LogP contribution in [0.15, 0.2) is 52.8 Å². The van der Waals surface area contributed by atoms with Crippen LogP contribution in [0.5, 0.6) is 0 Å². The van der Waals surface area contributed by atoms with Crippen molar-refractivity contribution in [1.82, 2.24) is 9.97 Å². The van der Waals surface area contributed by atoms with Crippen LogP contribution in [0.4, 0.5) is 5.69 Å². The second-order valence-electron chi connectivity index (χ2n) is 6.84. The minimum Gasteiger partial charge on any atom is -0.377 e. The number of anilines is 1. The summed E-state index contributed by atoms with van der Waals surface area (Å²) < 4.78 is 23.2. The quantitative estimate of drug-likeness (QED) is 0.728. The van der Waals surface area contributed by atoms with Crippen molar-refractivity contribution in [3.05, 3.63) is 69.5 Å². The Morgan fingerprint density at radius 3 is 2.67 bits per heavy atom. The average Bonchev–Trinajstić information content (AvgIpc) is 2.95. The van der Waals surface area contributed by atoms with E-state index >= 15 is 0 Å². The van der Waals surface area contributed by atoms with E-state index in [4.69, 9.17) is 0 Å². The topological polar surface area (TPSA) is 91.9 Å². The van der Waals surface area contributed by atoms with Crippen molar-refractivity contribution in [1.29, 1.82) is 0 Å². The van der Waals surface area contributed by atoms with Crippen LogP contribution in [0.2, 0.25) is 0 Å². The lowest BCUT2D eigenvalue weighted by molar-refractivity contribution is 0.605. The molecule has 0 spiro atoms. The number of fused-ring (bicyclic) bond motifs is 1. The number of aromatic amines is 1. The highest BCUT2D eigenvalue weighted by Gasteiger charge is 2.22. The first kappa shape index (κ1) is 17.5. The summed E-state index contributed by atoms with van der Waals surface area (Å²) in [4.78, 5) is 20.0. The highest BCUT2D eigenvalue weighted by Crippen LogP contribution is 2.25. The molecule has 0 aliphatic carbocycles. The molecule has 3 aromatic rings. The number of rotatable bonds is 3. The van der Waals surface area contributed by atoms with E-state index in [1.807, 2.05) is 38.1 Å². The molecule has 0 saturated heterocycles. The number of pyridine rings is 2. The minimum atomic E-state index is -3.17. The van der Waals surface area contributed by atoms with Gasteiger partial charge in [0.2, 0.25) is 0 Å². The molecule has 27 heavy (non-hydrogen) atoms. The maximum Gasteiger partial charge on any atom is 0.259 e. The van der Waals surface area contributed by atoms with E-state index in [1.54, 1.807) is 18.3 Å². The fourth-order valence-electron chi connectivity index (χ4n) is 3.23. The van der Waals surface area contributed by atoms with Gasteiger partial charge < -0.3 is 10.3 Å². The molecule has 1 aliphatic rings. The molecule has 0 fully saturated rings. The van der Waals surface area contributed by atoms with Crippen LogP contribution in [0.25, 0.3) is 22.2 Å². The van der Waals surface area contributed by atoms with E-state index in [0.717, 1.165) is 11.1 Å². The number of benzene rings is 1. The molecule has 0 amide bonds. The molecule has 1 atom stereocenters. The summed E-state index contributed by atoms with van der Waals surface area (Å²) in [7, 11) is -3.17. The van der Waals surface area contributed by atoms with E-state index in [9.17, 15) is 13.2 Å². The van der Waals surface area contributed by atoms with Gasteiger partial charge >= 0.3 is 0 Å². The first-order valence-corrected chi connectivity index (χ1v) is 10.3. The summed E-state index contributed by atoms with van der Waals surface area (Å²) >= 11 is 0. The highest BCUT2D eigenvalue weighted by atomic mass is 32.2. The van der Waals surface area contributed by atoms with Crippen LogP contribution in [0.3, 0.4) is 0 Å². The average molecular weight is 381 g/mol. The molecule has 3 heterocycles. The van der Waals surface area contributed by atoms with Crippen molar-refractivity contribution >= 4 is 26.4 Å². The molecule has 2 aromatic heterocycles. The van der Waals surface area contributed by atoms with Crippen LogP contribution in [0.1, 0.15) is 11.1 Å². The van der Waals surface area contributed by atoms with Gasteiger partial charge in [0.15, 0.2) is 9.84 Å². The minimum absolute atomic E-state index is 0.0184. The SMILES string of the molecule is Cc1ccc(-c2cc3nccc(N[C@@H]4C=CS(=O)(=O)C4)c3c(=O)[nH]2)cc1C. The lowest BCUT2D eigenvalue weighted by atomic mass is 10.0. The molecular weight excluding hydrogens is 362 g/mol. The zero-order valence-corrected chi connectivity index (χ0v) is 15.8. The Balaban J connectivity index is 1.77. The van der Waals surface area contributed by atoms with Gasteiger partial charge in [0, 0.05) is 11.6 Å². The smallest absolute Gasteiger partial charge is 0.259 e. The van der Waals surface area contributed by atoms with Gasteiger partial charge in [-0.15, -0.1) is 0 Å². The number of nitrogens with zero attached hydrogens (tertiary/aromatic N) is 1. The summed E-state index contributed by atoms with van der Waals surface area (Å²) in [6.07, 6.45) is 3.21. The van der Waals surface area contributed by atoms with E-state index in [-0.39, 0.29) is 17.4 Å². The summed E-state index contributed by atoms with van der Waals surface area (Å²) in [5.41, 5.74) is 4.81. The van der Waals surface area contributed by atoms with Crippen molar-refractivity contribution in [2.24, 2.45) is 0 Å². The maximum absolute atomic E-state index is 12.8. The monoisotopic (exact) mass is 381 g/mol. The van der Waals surface area contributed by atoms with E-state index < -0.39 is 9.84 Å². The molecule has 138 valence electrons. The Morgan fingerprint density at radius 1 is 1.15 bits per heavy atom. The van der Waals surface area contributed by atoms with Crippen molar-refractivity contribution in [2.45, 2.75) is 19.9 Å². The zero-order chi connectivity index (χ0) is 19.2. The van der Waals surface area contributed by atoms with Crippen LogP contribution in [-0.4, -0.2) is 30.2 Å². The molecular formula is C20H19N3O3S. The Hall–Kier alpha value is -2.93. The first-order valence-electron chi connectivity index (χ1n) is 8.59. The fraction of sp³-hybridized carbons (Fsp3) is 0.200. The maximum atomic E-state index is 12.8. The number of aryl methyl sites for hydroxylation is 2. The Morgan fingerprint density at radius 2 is 1.96 bits per heavy atom. The standard InChI is InChI=1S/C20H19N3O3S/c1-12-3-4-14(9-13(12)2)17-10-18-19(20(24)23-17)16(5-7-21-18)22-15-6-8-27(25,26)11-15/h3-10,15H,11H2,1-2H3,(H,21,22)(H,23,24)/t15-/m1/s1. The zero-order valence-electron chi connectivity index (χ0n) is 15.0. The predicted molar refractivity (Wildman–Crippen MR) is 108 cm³/mol. The van der Waals surface area contributed by atoms with Crippen LogP contribution in [-0.2, 0) is 9.84 Å². The van der Waals surface area contributed by atoms with Gasteiger partial charge in [0.25, 0.3) is 5.56 Å². The van der Waals surface area contributed by atoms with Gasteiger partial charge in [-0.2, -0.15) is 0 Å². The molecule has 1 aromatic carbocycles. The predicted octanol–water partition coefficient (Wildman–Crippen LogP) is 2.93. The number of nitrogens with one attached hydrogen (secondary N) is 2. The third kappa shape index (κ3) is 3.38. The fourth-order valence-corrected chi connectivity index (χ4v) is 4.47. The lowest BCUT2D eigenvalue weighted by Crippen LogP contribution is -2.22. The molecule has 1 aliphatic heterocycles. The first-order chi connectivity index (χ1) is 12.8. The largest absolute Gasteiger partial charge is 0.377 e. The molecule has 7 heteroatoms. The number of aromatic nitrogens is 2. The Labute approximate surface area is 156 Å². The highest BCUT2D eigenvalue weighted by molar-refractivity contribution is 7.94. The second-order valence-corrected chi connectivity index (χ2v) is 8.77. The lowest BCUT2D eigenvalue weighted by Gasteiger charge is -2.14. The van der Waals surface area contributed by atoms with Crippen LogP contribution < -0.4 is 10.9 Å². The second kappa shape index (κ2) is 6.35. The van der Waals surface area contributed by atoms with Crippen molar-refractivity contribution < 1.29 is 8.42 Å². The van der Waals surface area contributed by atoms with E-state index in [2.05, 4.69) is 15.3 Å². The van der Waals surface area contributed by atoms with Crippen LogP contribution >= 0.6 is 0 Å². The molecule has 2 N–H and O–H groups in total. The van der Waals surface area contributed by atoms with Gasteiger partial charge in [-0.25, -0.2) is 8.42 Å². The summed E-state index contributed by atoms with van der Waals surface area (Å²) in [6, 6.07) is 9.18. The van der Waals surface area contributed by atoms with Gasteiger partial charge in [-0.05, 0) is 48.7 Å².